The van der Waals surface area contributed by atoms with Crippen LogP contribution in [0.3, 0.4) is 0 Å². The number of methoxy groups -OCH3 is 1. The highest BCUT2D eigenvalue weighted by atomic mass is 35.5. The Bertz CT molecular complexity index is 705. The van der Waals surface area contributed by atoms with Gasteiger partial charge in [0.2, 0.25) is 0 Å². The van der Waals surface area contributed by atoms with Crippen LogP contribution in [0, 0.1) is 0 Å². The third-order valence-corrected chi connectivity index (χ3v) is 3.73. The third-order valence-electron chi connectivity index (χ3n) is 3.50. The van der Waals surface area contributed by atoms with Gasteiger partial charge >= 0.3 is 0 Å². The molecular formula is C18H23ClN4O2. The molecule has 1 aromatic carbocycles. The second-order valence-electron chi connectivity index (χ2n) is 5.37. The molecule has 2 rings (SSSR count). The lowest BCUT2D eigenvalue weighted by molar-refractivity contribution is 0.373. The van der Waals surface area contributed by atoms with E-state index in [0.29, 0.717) is 17.4 Å². The number of ether oxygens (including phenoxy) is 1. The molecule has 134 valence electrons. The van der Waals surface area contributed by atoms with E-state index in [0.717, 1.165) is 36.6 Å². The normalized spacial score (nSPS) is 11.2. The van der Waals surface area contributed by atoms with Crippen molar-refractivity contribution in [2.45, 2.75) is 19.9 Å². The lowest BCUT2D eigenvalue weighted by Gasteiger charge is -2.11. The summed E-state index contributed by atoms with van der Waals surface area (Å²) in [7, 11) is 1.52. The Kier molecular flexibility index (Phi) is 7.35. The van der Waals surface area contributed by atoms with Crippen molar-refractivity contribution in [2.75, 3.05) is 20.2 Å². The van der Waals surface area contributed by atoms with E-state index in [-0.39, 0.29) is 5.75 Å². The van der Waals surface area contributed by atoms with Gasteiger partial charge in [-0.25, -0.2) is 9.98 Å². The van der Waals surface area contributed by atoms with Gasteiger partial charge in [0, 0.05) is 19.3 Å². The molecule has 2 aromatic rings. The van der Waals surface area contributed by atoms with E-state index in [2.05, 4.69) is 20.6 Å². The average molecular weight is 363 g/mol. The van der Waals surface area contributed by atoms with Crippen molar-refractivity contribution in [3.63, 3.8) is 0 Å². The highest BCUT2D eigenvalue weighted by Gasteiger charge is 2.03. The molecule has 0 atom stereocenters. The molecule has 0 saturated carbocycles. The number of halogens is 1. The second kappa shape index (κ2) is 9.74. The number of benzene rings is 1. The van der Waals surface area contributed by atoms with E-state index >= 15 is 0 Å². The lowest BCUT2D eigenvalue weighted by atomic mass is 10.2. The van der Waals surface area contributed by atoms with Crippen LogP contribution in [0.2, 0.25) is 5.15 Å². The Morgan fingerprint density at radius 3 is 2.68 bits per heavy atom. The minimum absolute atomic E-state index is 0.114. The summed E-state index contributed by atoms with van der Waals surface area (Å²) in [4.78, 5) is 8.60. The second-order valence-corrected chi connectivity index (χ2v) is 5.75. The molecule has 0 spiro atoms. The molecule has 7 heteroatoms. The molecule has 1 aromatic heterocycles. The first-order valence-corrected chi connectivity index (χ1v) is 8.48. The first-order chi connectivity index (χ1) is 12.1. The molecule has 0 fully saturated rings. The Morgan fingerprint density at radius 2 is 2.04 bits per heavy atom. The Labute approximate surface area is 152 Å². The van der Waals surface area contributed by atoms with E-state index in [1.165, 1.54) is 7.11 Å². The molecule has 1 heterocycles. The van der Waals surface area contributed by atoms with Crippen molar-refractivity contribution in [3.8, 4) is 11.5 Å². The molecule has 0 saturated heterocycles. The molecule has 0 unspecified atom stereocenters. The van der Waals surface area contributed by atoms with E-state index in [1.54, 1.807) is 24.4 Å². The van der Waals surface area contributed by atoms with E-state index in [4.69, 9.17) is 16.3 Å². The zero-order valence-corrected chi connectivity index (χ0v) is 15.2. The number of aliphatic imine (C=N–C) groups is 1. The Hall–Kier alpha value is -2.47. The summed E-state index contributed by atoms with van der Waals surface area (Å²) >= 11 is 5.79. The van der Waals surface area contributed by atoms with Gasteiger partial charge in [-0.15, -0.1) is 0 Å². The topological polar surface area (TPSA) is 78.8 Å². The number of phenols is 1. The summed E-state index contributed by atoms with van der Waals surface area (Å²) in [5.41, 5.74) is 2.00. The molecule has 0 radical (unpaired) electrons. The van der Waals surface area contributed by atoms with Crippen LogP contribution in [0.25, 0.3) is 0 Å². The number of hydrogen-bond acceptors (Lipinski definition) is 4. The van der Waals surface area contributed by atoms with Gasteiger partial charge in [-0.2, -0.15) is 0 Å². The molecule has 0 bridgehead atoms. The smallest absolute Gasteiger partial charge is 0.191 e. The van der Waals surface area contributed by atoms with Crippen LogP contribution >= 0.6 is 11.6 Å². The average Bonchev–Trinajstić information content (AvgIpc) is 2.61. The van der Waals surface area contributed by atoms with Crippen molar-refractivity contribution in [1.29, 1.82) is 0 Å². The summed E-state index contributed by atoms with van der Waals surface area (Å²) in [6.45, 7) is 3.96. The van der Waals surface area contributed by atoms with Gasteiger partial charge in [0.1, 0.15) is 5.15 Å². The first-order valence-electron chi connectivity index (χ1n) is 8.11. The lowest BCUT2D eigenvalue weighted by Crippen LogP contribution is -2.38. The zero-order valence-electron chi connectivity index (χ0n) is 14.4. The zero-order chi connectivity index (χ0) is 18.1. The largest absolute Gasteiger partial charge is 0.504 e. The predicted molar refractivity (Wildman–Crippen MR) is 100 cm³/mol. The van der Waals surface area contributed by atoms with Gasteiger partial charge in [0.25, 0.3) is 0 Å². The molecule has 25 heavy (non-hydrogen) atoms. The van der Waals surface area contributed by atoms with Crippen LogP contribution in [0.5, 0.6) is 11.5 Å². The van der Waals surface area contributed by atoms with E-state index < -0.39 is 0 Å². The van der Waals surface area contributed by atoms with Crippen molar-refractivity contribution in [3.05, 3.63) is 52.8 Å². The van der Waals surface area contributed by atoms with Crippen molar-refractivity contribution >= 4 is 17.6 Å². The quantitative estimate of drug-likeness (QED) is 0.401. The number of phenolic OH excluding ortho intramolecular Hbond substituents is 1. The van der Waals surface area contributed by atoms with Crippen molar-refractivity contribution in [1.82, 2.24) is 15.6 Å². The predicted octanol–water partition coefficient (Wildman–Crippen LogP) is 2.75. The monoisotopic (exact) mass is 362 g/mol. The van der Waals surface area contributed by atoms with Gasteiger partial charge in [-0.1, -0.05) is 23.7 Å². The van der Waals surface area contributed by atoms with Gasteiger partial charge in [0.15, 0.2) is 17.5 Å². The summed E-state index contributed by atoms with van der Waals surface area (Å²) < 4.78 is 5.04. The van der Waals surface area contributed by atoms with E-state index in [9.17, 15) is 5.11 Å². The number of guanidine groups is 1. The summed E-state index contributed by atoms with van der Waals surface area (Å²) in [6.07, 6.45) is 2.59. The summed E-state index contributed by atoms with van der Waals surface area (Å²) in [5.74, 6) is 1.29. The van der Waals surface area contributed by atoms with Gasteiger partial charge in [-0.3, -0.25) is 0 Å². The van der Waals surface area contributed by atoms with Crippen LogP contribution in [-0.2, 0) is 13.0 Å². The SMILES string of the molecule is CCNC(=NCc1ccc(OC)c(O)c1)NCCc1ccc(Cl)nc1. The summed E-state index contributed by atoms with van der Waals surface area (Å²) in [5, 5.41) is 16.8. The number of rotatable bonds is 7. The molecule has 0 amide bonds. The molecule has 0 aliphatic rings. The maximum atomic E-state index is 9.83. The fourth-order valence-electron chi connectivity index (χ4n) is 2.23. The van der Waals surface area contributed by atoms with Crippen LogP contribution in [0.1, 0.15) is 18.1 Å². The van der Waals surface area contributed by atoms with Crippen LogP contribution in [0.4, 0.5) is 0 Å². The highest BCUT2D eigenvalue weighted by molar-refractivity contribution is 6.29. The molecule has 0 aliphatic heterocycles. The fraction of sp³-hybridized carbons (Fsp3) is 0.333. The minimum Gasteiger partial charge on any atom is -0.504 e. The van der Waals surface area contributed by atoms with Crippen LogP contribution < -0.4 is 15.4 Å². The standard InChI is InChI=1S/C18H23ClN4O2/c1-3-20-18(21-9-8-13-5-7-17(19)22-11-13)23-12-14-4-6-16(25-2)15(24)10-14/h4-7,10-11,24H,3,8-9,12H2,1-2H3,(H2,20,21,23). The Balaban J connectivity index is 1.91. The van der Waals surface area contributed by atoms with Crippen molar-refractivity contribution in [2.24, 2.45) is 4.99 Å². The first kappa shape index (κ1) is 18.9. The molecular weight excluding hydrogens is 340 g/mol. The number of hydrogen-bond donors (Lipinski definition) is 3. The molecule has 6 nitrogen and oxygen atoms in total. The van der Waals surface area contributed by atoms with Gasteiger partial charge < -0.3 is 20.5 Å². The van der Waals surface area contributed by atoms with Gasteiger partial charge in [0.05, 0.1) is 13.7 Å². The number of aromatic nitrogens is 1. The number of nitrogens with one attached hydrogen (secondary N) is 2. The van der Waals surface area contributed by atoms with Crippen LogP contribution in [-0.4, -0.2) is 36.2 Å². The maximum absolute atomic E-state index is 9.83. The third kappa shape index (κ3) is 6.15. The van der Waals surface area contributed by atoms with E-state index in [1.807, 2.05) is 19.1 Å². The minimum atomic E-state index is 0.114. The molecule has 3 N–H and O–H groups in total. The highest BCUT2D eigenvalue weighted by Crippen LogP contribution is 2.26. The number of nitrogens with zero attached hydrogens (tertiary/aromatic N) is 2. The Morgan fingerprint density at radius 1 is 1.24 bits per heavy atom. The maximum Gasteiger partial charge on any atom is 0.191 e. The molecule has 0 aliphatic carbocycles. The number of pyridine rings is 1. The van der Waals surface area contributed by atoms with Gasteiger partial charge in [-0.05, 0) is 42.7 Å². The fourth-order valence-corrected chi connectivity index (χ4v) is 2.34. The van der Waals surface area contributed by atoms with Crippen molar-refractivity contribution < 1.29 is 9.84 Å². The number of aromatic hydroxyl groups is 1. The van der Waals surface area contributed by atoms with Crippen LogP contribution in [0.15, 0.2) is 41.5 Å². The summed E-state index contributed by atoms with van der Waals surface area (Å²) in [6, 6.07) is 9.01.